The Labute approximate surface area is 53.1 Å². The van der Waals surface area contributed by atoms with Gasteiger partial charge in [0.25, 0.3) is 6.61 Å². The molecular formula is C2H5ClN2O4. The van der Waals surface area contributed by atoms with Gasteiger partial charge >= 0.3 is 0 Å². The Kier molecular flexibility index (Phi) is 2.82. The maximum Gasteiger partial charge on any atom is 0.259 e. The molecule has 9 heavy (non-hydrogen) atoms. The van der Waals surface area contributed by atoms with Gasteiger partial charge in [-0.2, -0.15) is 14.0 Å². The Morgan fingerprint density at radius 1 is 1.56 bits per heavy atom. The molecule has 0 fully saturated rings. The van der Waals surface area contributed by atoms with Crippen LogP contribution in [-0.2, 0) is 4.29 Å². The average Bonchev–Trinajstić information content (AvgIpc) is 1.59. The largest absolute Gasteiger partial charge is 0.385 e. The van der Waals surface area contributed by atoms with Crippen LogP contribution in [0.4, 0.5) is 0 Å². The van der Waals surface area contributed by atoms with E-state index >= 15 is 0 Å². The summed E-state index contributed by atoms with van der Waals surface area (Å²) in [5.41, 5.74) is 4.65. The molecule has 7 heteroatoms. The van der Waals surface area contributed by atoms with Gasteiger partial charge in [0.15, 0.2) is 0 Å². The number of amidine groups is 1. The number of nitrogens with one attached hydrogen (secondary N) is 1. The highest BCUT2D eigenvalue weighted by molar-refractivity contribution is 5.77. The Hall–Kier alpha value is -0.400. The monoisotopic (exact) mass is 156 g/mol. The molecule has 0 rings (SSSR count). The predicted molar refractivity (Wildman–Crippen MR) is 17.9 cm³/mol. The van der Waals surface area contributed by atoms with E-state index in [4.69, 9.17) is 5.41 Å². The highest BCUT2D eigenvalue weighted by Gasteiger charge is 2.16. The molecule has 0 saturated carbocycles. The van der Waals surface area contributed by atoms with E-state index in [0.29, 0.717) is 0 Å². The van der Waals surface area contributed by atoms with Crippen molar-refractivity contribution in [3.8, 4) is 0 Å². The Morgan fingerprint density at radius 3 is 2.11 bits per heavy atom. The van der Waals surface area contributed by atoms with E-state index in [-0.39, 0.29) is 0 Å². The lowest BCUT2D eigenvalue weighted by Crippen LogP contribution is -2.61. The summed E-state index contributed by atoms with van der Waals surface area (Å²) in [7, 11) is -4.44. The van der Waals surface area contributed by atoms with Gasteiger partial charge < -0.3 is 5.73 Å². The number of rotatable bonds is 3. The van der Waals surface area contributed by atoms with Crippen LogP contribution < -0.4 is 19.7 Å². The highest BCUT2D eigenvalue weighted by atomic mass is 35.7. The fraction of sp³-hybridized carbons (Fsp3) is 0.500. The SMILES string of the molecule is N=C(N)CO[Cl+3]([O-])([O-])[O-]. The first-order chi connectivity index (χ1) is 3.92. The molecule has 0 aliphatic rings. The van der Waals surface area contributed by atoms with Gasteiger partial charge in [0, 0.05) is 0 Å². The average molecular weight is 157 g/mol. The van der Waals surface area contributed by atoms with Crippen molar-refractivity contribution in [2.75, 3.05) is 6.61 Å². The molecule has 0 spiro atoms. The van der Waals surface area contributed by atoms with Gasteiger partial charge in [-0.3, -0.25) is 5.41 Å². The lowest BCUT2D eigenvalue weighted by atomic mass is 10.7. The summed E-state index contributed by atoms with van der Waals surface area (Å²) < 4.78 is 32.3. The zero-order chi connectivity index (χ0) is 7.49. The first-order valence-corrected chi connectivity index (χ1v) is 3.03. The van der Waals surface area contributed by atoms with Crippen LogP contribution in [0.15, 0.2) is 0 Å². The predicted octanol–water partition coefficient (Wildman–Crippen LogP) is -4.16. The zero-order valence-corrected chi connectivity index (χ0v) is 5.05. The molecule has 0 aromatic carbocycles. The van der Waals surface area contributed by atoms with Crippen LogP contribution in [0.2, 0.25) is 0 Å². The minimum absolute atomic E-state index is 0.512. The van der Waals surface area contributed by atoms with Gasteiger partial charge in [0.1, 0.15) is 5.84 Å². The van der Waals surface area contributed by atoms with Crippen molar-refractivity contribution in [3.05, 3.63) is 0 Å². The summed E-state index contributed by atoms with van der Waals surface area (Å²) in [4.78, 5) is 0. The normalized spacial score (nSPS) is 11.4. The van der Waals surface area contributed by atoms with E-state index < -0.39 is 22.7 Å². The molecule has 0 atom stereocenters. The lowest BCUT2D eigenvalue weighted by molar-refractivity contribution is -1.92. The summed E-state index contributed by atoms with van der Waals surface area (Å²) in [5.74, 6) is -0.512. The van der Waals surface area contributed by atoms with Crippen molar-refractivity contribution < 1.29 is 28.5 Å². The molecule has 0 amide bonds. The van der Waals surface area contributed by atoms with Crippen molar-refractivity contribution in [1.29, 1.82) is 5.41 Å². The van der Waals surface area contributed by atoms with Gasteiger partial charge in [-0.1, -0.05) is 0 Å². The molecule has 0 radical (unpaired) electrons. The number of hydrogen-bond acceptors (Lipinski definition) is 5. The van der Waals surface area contributed by atoms with E-state index in [0.717, 1.165) is 0 Å². The molecule has 6 nitrogen and oxygen atoms in total. The van der Waals surface area contributed by atoms with E-state index in [1.807, 2.05) is 0 Å². The smallest absolute Gasteiger partial charge is 0.259 e. The van der Waals surface area contributed by atoms with Gasteiger partial charge in [0.05, 0.1) is 14.5 Å². The maximum atomic E-state index is 9.58. The molecule has 54 valence electrons. The summed E-state index contributed by atoms with van der Waals surface area (Å²) in [5, 5.41) is 6.42. The molecule has 0 unspecified atom stereocenters. The van der Waals surface area contributed by atoms with Crippen LogP contribution in [0.25, 0.3) is 0 Å². The maximum absolute atomic E-state index is 9.58. The minimum Gasteiger partial charge on any atom is -0.385 e. The Bertz CT molecular complexity index is 110. The third-order valence-electron chi connectivity index (χ3n) is 0.344. The molecule has 0 aliphatic heterocycles. The molecule has 3 N–H and O–H groups in total. The standard InChI is InChI=1S/C2H5ClN2O4/c4-2(5)1-9-3(6,7)8/h1H2,(H3,4,5). The topological polar surface area (TPSA) is 128 Å². The number of halogens is 1. The van der Waals surface area contributed by atoms with Crippen molar-refractivity contribution in [2.24, 2.45) is 5.73 Å². The fourth-order valence-corrected chi connectivity index (χ4v) is 0.377. The number of hydrogen-bond donors (Lipinski definition) is 2. The van der Waals surface area contributed by atoms with E-state index in [1.54, 1.807) is 0 Å². The molecule has 0 saturated heterocycles. The summed E-state index contributed by atoms with van der Waals surface area (Å²) >= 11 is 0. The molecule has 0 heterocycles. The molecular weight excluding hydrogens is 151 g/mol. The molecule has 0 bridgehead atoms. The zero-order valence-electron chi connectivity index (χ0n) is 4.30. The summed E-state index contributed by atoms with van der Waals surface area (Å²) in [6.07, 6.45) is 0. The van der Waals surface area contributed by atoms with E-state index in [2.05, 4.69) is 10.0 Å². The van der Waals surface area contributed by atoms with Gasteiger partial charge in [-0.15, -0.1) is 0 Å². The van der Waals surface area contributed by atoms with Crippen LogP contribution in [0.3, 0.4) is 0 Å². The van der Waals surface area contributed by atoms with Crippen LogP contribution in [0, 0.1) is 15.7 Å². The molecule has 0 aromatic heterocycles. The van der Waals surface area contributed by atoms with Gasteiger partial charge in [-0.25, -0.2) is 0 Å². The van der Waals surface area contributed by atoms with Crippen LogP contribution in [-0.4, -0.2) is 12.4 Å². The lowest BCUT2D eigenvalue weighted by Gasteiger charge is -2.11. The van der Waals surface area contributed by atoms with Crippen molar-refractivity contribution in [2.45, 2.75) is 0 Å². The summed E-state index contributed by atoms with van der Waals surface area (Å²) in [6, 6.07) is 0. The molecule has 0 aliphatic carbocycles. The minimum atomic E-state index is -4.44. The molecule has 0 aromatic rings. The van der Waals surface area contributed by atoms with Crippen LogP contribution in [0.1, 0.15) is 0 Å². The van der Waals surface area contributed by atoms with Crippen molar-refractivity contribution in [3.63, 3.8) is 0 Å². The quantitative estimate of drug-likeness (QED) is 0.317. The van der Waals surface area contributed by atoms with Crippen molar-refractivity contribution >= 4 is 5.84 Å². The Morgan fingerprint density at radius 2 is 2.00 bits per heavy atom. The first kappa shape index (κ1) is 8.60. The second-order valence-corrected chi connectivity index (χ2v) is 2.13. The third-order valence-corrected chi connectivity index (χ3v) is 0.720. The second-order valence-electron chi connectivity index (χ2n) is 1.16. The van der Waals surface area contributed by atoms with Crippen LogP contribution >= 0.6 is 0 Å². The highest BCUT2D eigenvalue weighted by Crippen LogP contribution is 1.84. The third kappa shape index (κ3) is 7.60. The Balaban J connectivity index is 3.39. The van der Waals surface area contributed by atoms with E-state index in [1.165, 1.54) is 0 Å². The fourth-order valence-electron chi connectivity index (χ4n) is 0.126. The first-order valence-electron chi connectivity index (χ1n) is 1.80. The van der Waals surface area contributed by atoms with Crippen LogP contribution in [0.5, 0.6) is 0 Å². The summed E-state index contributed by atoms with van der Waals surface area (Å²) in [6.45, 7) is -0.687. The van der Waals surface area contributed by atoms with E-state index in [9.17, 15) is 14.0 Å². The van der Waals surface area contributed by atoms with Gasteiger partial charge in [0.2, 0.25) is 0 Å². The number of nitrogens with two attached hydrogens (primary N) is 1. The second kappa shape index (κ2) is 2.95. The van der Waals surface area contributed by atoms with Gasteiger partial charge in [-0.05, 0) is 0 Å². The van der Waals surface area contributed by atoms with Crippen molar-refractivity contribution in [1.82, 2.24) is 0 Å².